The predicted octanol–water partition coefficient (Wildman–Crippen LogP) is 1.31. The van der Waals surface area contributed by atoms with Crippen molar-refractivity contribution in [2.75, 3.05) is 16.8 Å². The van der Waals surface area contributed by atoms with Crippen LogP contribution in [0, 0.1) is 0 Å². The van der Waals surface area contributed by atoms with Crippen LogP contribution in [0.3, 0.4) is 0 Å². The molecule has 1 aliphatic rings. The smallest absolute Gasteiger partial charge is 0.249 e. The summed E-state index contributed by atoms with van der Waals surface area (Å²) >= 11 is 0. The third-order valence-corrected chi connectivity index (χ3v) is 4.78. The molecule has 108 valence electrons. The van der Waals surface area contributed by atoms with E-state index in [2.05, 4.69) is 10.4 Å². The summed E-state index contributed by atoms with van der Waals surface area (Å²) in [6.45, 7) is 1.86. The van der Waals surface area contributed by atoms with Crippen LogP contribution in [0.5, 0.6) is 0 Å². The van der Waals surface area contributed by atoms with E-state index in [0.29, 0.717) is 12.2 Å². The Hall–Kier alpha value is -1.89. The van der Waals surface area contributed by atoms with E-state index in [9.17, 15) is 13.2 Å². The monoisotopic (exact) mass is 295 g/mol. The van der Waals surface area contributed by atoms with E-state index < -0.39 is 9.84 Å². The Morgan fingerprint density at radius 1 is 1.50 bits per heavy atom. The number of rotatable bonds is 4. The quantitative estimate of drug-likeness (QED) is 0.671. The van der Waals surface area contributed by atoms with E-state index in [1.54, 1.807) is 29.1 Å². The van der Waals surface area contributed by atoms with E-state index in [1.807, 2.05) is 13.0 Å². The summed E-state index contributed by atoms with van der Waals surface area (Å²) in [7, 11) is -2.98. The number of hydrogen-bond donors (Lipinski definition) is 1. The van der Waals surface area contributed by atoms with Crippen LogP contribution in [-0.2, 0) is 14.6 Å². The molecule has 1 N–H and O–H groups in total. The molecule has 2 heterocycles. The Morgan fingerprint density at radius 2 is 2.30 bits per heavy atom. The summed E-state index contributed by atoms with van der Waals surface area (Å²) in [5, 5.41) is 6.81. The minimum atomic E-state index is -2.98. The molecule has 1 aromatic rings. The average molecular weight is 295 g/mol. The number of aromatic nitrogens is 2. The molecule has 0 unspecified atom stereocenters. The molecule has 0 radical (unpaired) electrons. The second-order valence-corrected chi connectivity index (χ2v) is 6.82. The van der Waals surface area contributed by atoms with E-state index >= 15 is 0 Å². The first-order chi connectivity index (χ1) is 9.52. The summed E-state index contributed by atoms with van der Waals surface area (Å²) in [6, 6.07) is 1.46. The number of anilines is 1. The average Bonchev–Trinajstić information content (AvgIpc) is 2.96. The van der Waals surface area contributed by atoms with Crippen LogP contribution >= 0.6 is 0 Å². The molecule has 0 aliphatic carbocycles. The van der Waals surface area contributed by atoms with Gasteiger partial charge in [0.15, 0.2) is 9.84 Å². The van der Waals surface area contributed by atoms with Gasteiger partial charge in [0.1, 0.15) is 5.82 Å². The van der Waals surface area contributed by atoms with Gasteiger partial charge in [0.25, 0.3) is 0 Å². The maximum Gasteiger partial charge on any atom is 0.249 e. The highest BCUT2D eigenvalue weighted by Crippen LogP contribution is 2.26. The van der Waals surface area contributed by atoms with Gasteiger partial charge >= 0.3 is 0 Å². The molecule has 6 nitrogen and oxygen atoms in total. The Morgan fingerprint density at radius 3 is 2.95 bits per heavy atom. The van der Waals surface area contributed by atoms with Crippen molar-refractivity contribution < 1.29 is 13.2 Å². The zero-order valence-corrected chi connectivity index (χ0v) is 12.0. The zero-order chi connectivity index (χ0) is 14.6. The highest BCUT2D eigenvalue weighted by Gasteiger charge is 2.30. The lowest BCUT2D eigenvalue weighted by Gasteiger charge is -2.12. The Kier molecular flexibility index (Phi) is 4.39. The third kappa shape index (κ3) is 3.57. The van der Waals surface area contributed by atoms with Gasteiger partial charge in [0.2, 0.25) is 5.91 Å². The lowest BCUT2D eigenvalue weighted by molar-refractivity contribution is -0.111. The number of nitrogens with zero attached hydrogens (tertiary/aromatic N) is 2. The fourth-order valence-corrected chi connectivity index (χ4v) is 3.79. The number of carbonyl (C=O) groups excluding carboxylic acids is 1. The first kappa shape index (κ1) is 14.5. The first-order valence-electron chi connectivity index (χ1n) is 6.36. The van der Waals surface area contributed by atoms with Gasteiger partial charge in [-0.25, -0.2) is 13.1 Å². The molecule has 0 saturated carbocycles. The van der Waals surface area contributed by atoms with Crippen LogP contribution in [0.25, 0.3) is 0 Å². The van der Waals surface area contributed by atoms with E-state index in [4.69, 9.17) is 0 Å². The van der Waals surface area contributed by atoms with Gasteiger partial charge in [-0.05, 0) is 13.3 Å². The maximum absolute atomic E-state index is 11.7. The SMILES string of the molecule is C/C=C/C=C\C(=O)Nc1ccnn1[C@H]1CCS(=O)(=O)C1. The minimum Gasteiger partial charge on any atom is -0.307 e. The normalized spacial score (nSPS) is 21.8. The molecule has 1 fully saturated rings. The molecule has 7 heteroatoms. The number of amides is 1. The van der Waals surface area contributed by atoms with Gasteiger partial charge in [-0.3, -0.25) is 4.79 Å². The van der Waals surface area contributed by atoms with Crippen molar-refractivity contribution in [2.24, 2.45) is 0 Å². The molecule has 0 spiro atoms. The fourth-order valence-electron chi connectivity index (χ4n) is 2.09. The molecule has 0 bridgehead atoms. The Balaban J connectivity index is 2.08. The maximum atomic E-state index is 11.7. The summed E-state index contributed by atoms with van der Waals surface area (Å²) in [5.41, 5.74) is 0. The largest absolute Gasteiger partial charge is 0.307 e. The molecule has 1 saturated heterocycles. The topological polar surface area (TPSA) is 81.1 Å². The highest BCUT2D eigenvalue weighted by atomic mass is 32.2. The second kappa shape index (κ2) is 6.04. The molecule has 1 amide bonds. The molecule has 20 heavy (non-hydrogen) atoms. The van der Waals surface area contributed by atoms with Crippen LogP contribution in [0.2, 0.25) is 0 Å². The van der Waals surface area contributed by atoms with E-state index in [0.717, 1.165) is 0 Å². The van der Waals surface area contributed by atoms with Crippen LogP contribution < -0.4 is 5.32 Å². The fraction of sp³-hybridized carbons (Fsp3) is 0.385. The molecule has 1 aromatic heterocycles. The minimum absolute atomic E-state index is 0.0754. The standard InChI is InChI=1S/C13H17N3O3S/c1-2-3-4-5-13(17)15-12-6-8-14-16(12)11-7-9-20(18,19)10-11/h2-6,8,11H,7,9-10H2,1H3,(H,15,17)/b3-2+,5-4-/t11-/m0/s1. The van der Waals surface area contributed by atoms with Crippen LogP contribution in [0.15, 0.2) is 36.6 Å². The van der Waals surface area contributed by atoms with E-state index in [-0.39, 0.29) is 23.5 Å². The van der Waals surface area contributed by atoms with Crippen molar-refractivity contribution in [1.29, 1.82) is 0 Å². The van der Waals surface area contributed by atoms with Crippen molar-refractivity contribution in [3.05, 3.63) is 36.6 Å². The van der Waals surface area contributed by atoms with Crippen molar-refractivity contribution in [3.8, 4) is 0 Å². The van der Waals surface area contributed by atoms with Gasteiger partial charge in [-0.2, -0.15) is 5.10 Å². The van der Waals surface area contributed by atoms with E-state index in [1.165, 1.54) is 6.08 Å². The third-order valence-electron chi connectivity index (χ3n) is 3.03. The van der Waals surface area contributed by atoms with Gasteiger partial charge in [-0.1, -0.05) is 18.2 Å². The highest BCUT2D eigenvalue weighted by molar-refractivity contribution is 7.91. The van der Waals surface area contributed by atoms with Crippen LogP contribution in [0.4, 0.5) is 5.82 Å². The summed E-state index contributed by atoms with van der Waals surface area (Å²) in [4.78, 5) is 11.7. The van der Waals surface area contributed by atoms with Crippen molar-refractivity contribution in [1.82, 2.24) is 9.78 Å². The van der Waals surface area contributed by atoms with Gasteiger partial charge < -0.3 is 5.32 Å². The number of allylic oxidation sites excluding steroid dienone is 3. The summed E-state index contributed by atoms with van der Waals surface area (Å²) < 4.78 is 24.6. The summed E-state index contributed by atoms with van der Waals surface area (Å²) in [5.74, 6) is 0.492. The Bertz CT molecular complexity index is 644. The summed E-state index contributed by atoms with van der Waals surface area (Å²) in [6.07, 6.45) is 8.69. The van der Waals surface area contributed by atoms with Crippen molar-refractivity contribution in [3.63, 3.8) is 0 Å². The molecule has 1 aliphatic heterocycles. The molecule has 0 aromatic carbocycles. The zero-order valence-electron chi connectivity index (χ0n) is 11.2. The van der Waals surface area contributed by atoms with Crippen LogP contribution in [-0.4, -0.2) is 35.6 Å². The van der Waals surface area contributed by atoms with Gasteiger partial charge in [0.05, 0.1) is 23.7 Å². The van der Waals surface area contributed by atoms with Crippen LogP contribution in [0.1, 0.15) is 19.4 Å². The molecule has 2 rings (SSSR count). The lowest BCUT2D eigenvalue weighted by Crippen LogP contribution is -2.18. The first-order valence-corrected chi connectivity index (χ1v) is 8.18. The molecule has 1 atom stereocenters. The second-order valence-electron chi connectivity index (χ2n) is 4.59. The molecular formula is C13H17N3O3S. The number of carbonyl (C=O) groups is 1. The number of sulfone groups is 1. The predicted molar refractivity (Wildman–Crippen MR) is 77.1 cm³/mol. The number of nitrogens with one attached hydrogen (secondary N) is 1. The van der Waals surface area contributed by atoms with Crippen molar-refractivity contribution >= 4 is 21.6 Å². The van der Waals surface area contributed by atoms with Crippen molar-refractivity contribution in [2.45, 2.75) is 19.4 Å². The number of hydrogen-bond acceptors (Lipinski definition) is 4. The lowest BCUT2D eigenvalue weighted by atomic mass is 10.3. The van der Waals surface area contributed by atoms with Gasteiger partial charge in [0, 0.05) is 12.1 Å². The molecular weight excluding hydrogens is 278 g/mol. The van der Waals surface area contributed by atoms with Gasteiger partial charge in [-0.15, -0.1) is 0 Å². The Labute approximate surface area is 118 Å².